The fourth-order valence-electron chi connectivity index (χ4n) is 1.28. The zero-order valence-corrected chi connectivity index (χ0v) is 9.94. The monoisotopic (exact) mass is 270 g/mol. The summed E-state index contributed by atoms with van der Waals surface area (Å²) in [5.74, 6) is -2.64. The average molecular weight is 270 g/mol. The van der Waals surface area contributed by atoms with Crippen LogP contribution < -0.4 is 0 Å². The molecule has 1 atom stereocenters. The first-order valence-corrected chi connectivity index (χ1v) is 5.48. The Balaban J connectivity index is 2.46. The largest absolute Gasteiger partial charge is 0.504 e. The molecule has 0 bridgehead atoms. The van der Waals surface area contributed by atoms with Crippen LogP contribution in [0.15, 0.2) is 18.2 Å². The van der Waals surface area contributed by atoms with Crippen molar-refractivity contribution in [3.8, 4) is 11.5 Å². The lowest BCUT2D eigenvalue weighted by Gasteiger charge is -2.07. The number of phenolic OH excluding ortho intramolecular Hbond substituents is 2. The third kappa shape index (κ3) is 4.57. The molecule has 4 N–H and O–H groups in total. The Morgan fingerprint density at radius 2 is 1.89 bits per heavy atom. The summed E-state index contributed by atoms with van der Waals surface area (Å²) in [7, 11) is 0. The maximum atomic E-state index is 11.3. The summed E-state index contributed by atoms with van der Waals surface area (Å²) in [5, 5.41) is 35.7. The highest BCUT2D eigenvalue weighted by Gasteiger charge is 2.19. The first-order chi connectivity index (χ1) is 8.93. The number of esters is 2. The number of carbonyl (C=O) groups excluding carboxylic acids is 2. The summed E-state index contributed by atoms with van der Waals surface area (Å²) in [6.07, 6.45) is -1.69. The minimum Gasteiger partial charge on any atom is -0.504 e. The molecule has 1 unspecified atom stereocenters. The highest BCUT2D eigenvalue weighted by atomic mass is 16.6. The van der Waals surface area contributed by atoms with E-state index in [2.05, 4.69) is 4.74 Å². The topological polar surface area (TPSA) is 124 Å². The quantitative estimate of drug-likeness (QED) is 0.321. The van der Waals surface area contributed by atoms with E-state index in [0.717, 1.165) is 0 Å². The van der Waals surface area contributed by atoms with Gasteiger partial charge in [-0.3, -0.25) is 4.79 Å². The number of hydrogen-bond donors (Lipinski definition) is 4. The summed E-state index contributed by atoms with van der Waals surface area (Å²) in [6, 6.07) is 4.07. The number of aryl methyl sites for hydroxylation is 1. The van der Waals surface area contributed by atoms with Crippen molar-refractivity contribution >= 4 is 11.9 Å². The third-order valence-corrected chi connectivity index (χ3v) is 2.32. The van der Waals surface area contributed by atoms with Gasteiger partial charge in [-0.2, -0.15) is 0 Å². The highest BCUT2D eigenvalue weighted by molar-refractivity contribution is 5.87. The van der Waals surface area contributed by atoms with Crippen molar-refractivity contribution in [2.24, 2.45) is 0 Å². The molecule has 0 saturated carbocycles. The van der Waals surface area contributed by atoms with E-state index in [-0.39, 0.29) is 24.3 Å². The first-order valence-electron chi connectivity index (χ1n) is 5.48. The second-order valence-electron chi connectivity index (χ2n) is 3.81. The molecule has 0 heterocycles. The Hall–Kier alpha value is -2.12. The number of rotatable bonds is 5. The van der Waals surface area contributed by atoms with Crippen LogP contribution in [0.3, 0.4) is 0 Å². The number of aliphatic hydroxyl groups excluding tert-OH is 2. The van der Waals surface area contributed by atoms with Crippen LogP contribution >= 0.6 is 0 Å². The Labute approximate surface area is 108 Å². The Morgan fingerprint density at radius 3 is 2.47 bits per heavy atom. The Morgan fingerprint density at radius 1 is 1.21 bits per heavy atom. The second kappa shape index (κ2) is 6.72. The van der Waals surface area contributed by atoms with E-state index in [1.807, 2.05) is 0 Å². The van der Waals surface area contributed by atoms with Crippen LogP contribution in [0.2, 0.25) is 0 Å². The van der Waals surface area contributed by atoms with Gasteiger partial charge in [0.25, 0.3) is 0 Å². The van der Waals surface area contributed by atoms with Gasteiger partial charge in [-0.15, -0.1) is 0 Å². The Kier molecular flexibility index (Phi) is 5.28. The lowest BCUT2D eigenvalue weighted by Crippen LogP contribution is -2.28. The molecule has 19 heavy (non-hydrogen) atoms. The van der Waals surface area contributed by atoms with E-state index in [1.165, 1.54) is 18.2 Å². The van der Waals surface area contributed by atoms with Crippen LogP contribution in [0.1, 0.15) is 12.0 Å². The maximum absolute atomic E-state index is 11.3. The molecule has 0 saturated heterocycles. The molecular formula is C12H14O7. The normalized spacial score (nSPS) is 11.9. The lowest BCUT2D eigenvalue weighted by molar-refractivity contribution is -0.167. The summed E-state index contributed by atoms with van der Waals surface area (Å²) in [5.41, 5.74) is 0.572. The van der Waals surface area contributed by atoms with Crippen molar-refractivity contribution < 1.29 is 34.8 Å². The standard InChI is InChI=1S/C12H14O7/c13-6-10(16)12(18)19-11(17)4-2-7-1-3-8(14)9(15)5-7/h1,3,5,10,13-16H,2,4,6H2. The number of aromatic hydroxyl groups is 2. The second-order valence-corrected chi connectivity index (χ2v) is 3.81. The fourth-order valence-corrected chi connectivity index (χ4v) is 1.28. The molecule has 1 aromatic carbocycles. The molecule has 0 spiro atoms. The van der Waals surface area contributed by atoms with Gasteiger partial charge >= 0.3 is 11.9 Å². The van der Waals surface area contributed by atoms with E-state index < -0.39 is 24.6 Å². The van der Waals surface area contributed by atoms with E-state index in [9.17, 15) is 14.7 Å². The Bertz CT molecular complexity index is 469. The van der Waals surface area contributed by atoms with E-state index in [0.29, 0.717) is 5.56 Å². The van der Waals surface area contributed by atoms with Gasteiger partial charge in [0, 0.05) is 0 Å². The molecule has 104 valence electrons. The predicted octanol–water partition coefficient (Wildman–Crippen LogP) is -0.547. The van der Waals surface area contributed by atoms with Crippen LogP contribution in [-0.4, -0.2) is 45.1 Å². The minimum atomic E-state index is -1.73. The third-order valence-electron chi connectivity index (χ3n) is 2.32. The van der Waals surface area contributed by atoms with Gasteiger partial charge in [-0.25, -0.2) is 4.79 Å². The van der Waals surface area contributed by atoms with Crippen LogP contribution in [0.5, 0.6) is 11.5 Å². The number of phenols is 2. The van der Waals surface area contributed by atoms with Crippen molar-refractivity contribution in [2.45, 2.75) is 18.9 Å². The van der Waals surface area contributed by atoms with Crippen molar-refractivity contribution in [2.75, 3.05) is 6.61 Å². The summed E-state index contributed by atoms with van der Waals surface area (Å²) >= 11 is 0. The van der Waals surface area contributed by atoms with Gasteiger partial charge in [-0.05, 0) is 24.1 Å². The van der Waals surface area contributed by atoms with Gasteiger partial charge in [0.1, 0.15) is 0 Å². The van der Waals surface area contributed by atoms with Gasteiger partial charge in [0.15, 0.2) is 17.6 Å². The SMILES string of the molecule is O=C(CCc1ccc(O)c(O)c1)OC(=O)C(O)CO. The van der Waals surface area contributed by atoms with Gasteiger partial charge < -0.3 is 25.2 Å². The molecular weight excluding hydrogens is 256 g/mol. The van der Waals surface area contributed by atoms with Crippen LogP contribution in [0.25, 0.3) is 0 Å². The molecule has 0 aliphatic rings. The predicted molar refractivity (Wildman–Crippen MR) is 62.3 cm³/mol. The average Bonchev–Trinajstić information content (AvgIpc) is 2.39. The number of ether oxygens (including phenoxy) is 1. The van der Waals surface area contributed by atoms with Gasteiger partial charge in [0.2, 0.25) is 0 Å². The molecule has 0 aliphatic carbocycles. The molecule has 0 aliphatic heterocycles. The fraction of sp³-hybridized carbons (Fsp3) is 0.333. The van der Waals surface area contributed by atoms with Crippen molar-refractivity contribution in [3.63, 3.8) is 0 Å². The molecule has 7 nitrogen and oxygen atoms in total. The lowest BCUT2D eigenvalue weighted by atomic mass is 10.1. The van der Waals surface area contributed by atoms with Crippen LogP contribution in [0.4, 0.5) is 0 Å². The molecule has 1 rings (SSSR count). The van der Waals surface area contributed by atoms with E-state index in [4.69, 9.17) is 15.3 Å². The van der Waals surface area contributed by atoms with E-state index in [1.54, 1.807) is 0 Å². The van der Waals surface area contributed by atoms with Crippen LogP contribution in [-0.2, 0) is 20.7 Å². The highest BCUT2D eigenvalue weighted by Crippen LogP contribution is 2.25. The number of hydrogen-bond acceptors (Lipinski definition) is 7. The minimum absolute atomic E-state index is 0.145. The number of benzene rings is 1. The first kappa shape index (κ1) is 14.9. The molecule has 7 heteroatoms. The van der Waals surface area contributed by atoms with Gasteiger partial charge in [0.05, 0.1) is 13.0 Å². The maximum Gasteiger partial charge on any atom is 0.345 e. The molecule has 0 amide bonds. The summed E-state index contributed by atoms with van der Waals surface area (Å²) < 4.78 is 4.28. The van der Waals surface area contributed by atoms with Crippen molar-refractivity contribution in [1.82, 2.24) is 0 Å². The zero-order chi connectivity index (χ0) is 14.4. The number of aliphatic hydroxyl groups is 2. The summed E-state index contributed by atoms with van der Waals surface area (Å²) in [4.78, 5) is 22.2. The smallest absolute Gasteiger partial charge is 0.345 e. The molecule has 0 aromatic heterocycles. The van der Waals surface area contributed by atoms with Crippen molar-refractivity contribution in [1.29, 1.82) is 0 Å². The molecule has 0 radical (unpaired) electrons. The number of carbonyl (C=O) groups is 2. The van der Waals surface area contributed by atoms with Crippen LogP contribution in [0, 0.1) is 0 Å². The molecule has 1 aromatic rings. The summed E-state index contributed by atoms with van der Waals surface area (Å²) in [6.45, 7) is -0.821. The van der Waals surface area contributed by atoms with Crippen molar-refractivity contribution in [3.05, 3.63) is 23.8 Å². The molecule has 0 fully saturated rings. The zero-order valence-electron chi connectivity index (χ0n) is 9.94. The van der Waals surface area contributed by atoms with Gasteiger partial charge in [-0.1, -0.05) is 6.07 Å². The van der Waals surface area contributed by atoms with E-state index >= 15 is 0 Å².